The number of hydroxylamine groups is 1. The highest BCUT2D eigenvalue weighted by Gasteiger charge is 2.36. The summed E-state index contributed by atoms with van der Waals surface area (Å²) in [5.74, 6) is -0.411. The van der Waals surface area contributed by atoms with Gasteiger partial charge in [0.25, 0.3) is 10.0 Å². The largest absolute Gasteiger partial charge is 0.445 e. The molecule has 8 nitrogen and oxygen atoms in total. The Labute approximate surface area is 197 Å². The van der Waals surface area contributed by atoms with E-state index in [1.807, 2.05) is 30.3 Å². The van der Waals surface area contributed by atoms with E-state index >= 15 is 0 Å². The number of sulfonamides is 1. The van der Waals surface area contributed by atoms with Crippen LogP contribution in [0.2, 0.25) is 0 Å². The summed E-state index contributed by atoms with van der Waals surface area (Å²) in [5.41, 5.74) is 0.835. The van der Waals surface area contributed by atoms with Crippen LogP contribution >= 0.6 is 15.9 Å². The number of halogens is 1. The first-order valence-corrected chi connectivity index (χ1v) is 12.3. The third kappa shape index (κ3) is 7.70. The second kappa shape index (κ2) is 12.1. The van der Waals surface area contributed by atoms with Gasteiger partial charge < -0.3 is 10.1 Å². The van der Waals surface area contributed by atoms with Crippen LogP contribution in [-0.4, -0.2) is 43.5 Å². The molecule has 0 aliphatic rings. The van der Waals surface area contributed by atoms with Gasteiger partial charge in [0.15, 0.2) is 5.78 Å². The molecule has 0 radical (unpaired) electrons. The molecular weight excluding hydrogens is 500 g/mol. The van der Waals surface area contributed by atoms with Crippen LogP contribution in [0.15, 0.2) is 64.0 Å². The summed E-state index contributed by atoms with van der Waals surface area (Å²) in [6, 6.07) is 14.1. The smallest absolute Gasteiger partial charge is 0.407 e. The average molecular weight is 527 g/mol. The van der Waals surface area contributed by atoms with Crippen molar-refractivity contribution in [3.8, 4) is 0 Å². The van der Waals surface area contributed by atoms with Gasteiger partial charge >= 0.3 is 6.09 Å². The molecule has 0 unspecified atom stereocenters. The molecule has 0 spiro atoms. The minimum Gasteiger partial charge on any atom is -0.445 e. The molecule has 1 amide bonds. The summed E-state index contributed by atoms with van der Waals surface area (Å²) >= 11 is 3.27. The third-order valence-corrected chi connectivity index (χ3v) is 6.50. The fourth-order valence-corrected chi connectivity index (χ4v) is 4.58. The number of hydrogen-bond donors (Lipinski definition) is 1. The normalized spacial score (nSPS) is 12.6. The lowest BCUT2D eigenvalue weighted by atomic mass is 10.1. The molecule has 2 aromatic rings. The third-order valence-electron chi connectivity index (χ3n) is 4.29. The van der Waals surface area contributed by atoms with Crippen molar-refractivity contribution in [2.45, 2.75) is 50.8 Å². The number of nitrogens with one attached hydrogen (secondary N) is 1. The van der Waals surface area contributed by atoms with Crippen molar-refractivity contribution in [1.29, 1.82) is 0 Å². The van der Waals surface area contributed by atoms with Crippen LogP contribution in [0.1, 0.15) is 32.8 Å². The summed E-state index contributed by atoms with van der Waals surface area (Å²) < 4.78 is 33.0. The highest BCUT2D eigenvalue weighted by atomic mass is 79.9. The van der Waals surface area contributed by atoms with Crippen LogP contribution in [0.4, 0.5) is 4.79 Å². The Morgan fingerprint density at radius 2 is 1.69 bits per heavy atom. The van der Waals surface area contributed by atoms with E-state index in [1.165, 1.54) is 19.1 Å². The number of ether oxygens (including phenoxy) is 1. The number of ketones is 1. The van der Waals surface area contributed by atoms with Crippen LogP contribution in [-0.2, 0) is 31.0 Å². The van der Waals surface area contributed by atoms with E-state index in [9.17, 15) is 18.0 Å². The Morgan fingerprint density at radius 1 is 1.06 bits per heavy atom. The fraction of sp³-hybridized carbons (Fsp3) is 0.364. The van der Waals surface area contributed by atoms with Gasteiger partial charge in [-0.1, -0.05) is 50.7 Å². The fourth-order valence-electron chi connectivity index (χ4n) is 2.76. The standard InChI is InChI=1S/C22H27BrN2O6S/c1-16(2)31-25(32(28,29)20-11-9-19(23)10-12-20)21(17(3)26)13-14-24-22(27)30-15-18-7-5-4-6-8-18/h4-12,16,21H,13-15H2,1-3H3,(H,24,27)/t21-/m1/s1. The lowest BCUT2D eigenvalue weighted by Gasteiger charge is -2.29. The zero-order valence-corrected chi connectivity index (χ0v) is 20.6. The molecule has 2 rings (SSSR count). The van der Waals surface area contributed by atoms with Crippen LogP contribution in [0.3, 0.4) is 0 Å². The lowest BCUT2D eigenvalue weighted by molar-refractivity contribution is -0.158. The number of hydrogen-bond acceptors (Lipinski definition) is 6. The predicted octanol–water partition coefficient (Wildman–Crippen LogP) is 4.05. The average Bonchev–Trinajstić information content (AvgIpc) is 2.74. The molecule has 174 valence electrons. The zero-order chi connectivity index (χ0) is 23.7. The molecule has 0 heterocycles. The Morgan fingerprint density at radius 3 is 2.25 bits per heavy atom. The number of amides is 1. The van der Waals surface area contributed by atoms with Crippen LogP contribution in [0, 0.1) is 0 Å². The monoisotopic (exact) mass is 526 g/mol. The Kier molecular flexibility index (Phi) is 9.83. The number of rotatable bonds is 11. The number of Topliss-reactive ketones (excluding diaryl/α,β-unsaturated/α-hetero) is 1. The van der Waals surface area contributed by atoms with Crippen molar-refractivity contribution in [2.24, 2.45) is 0 Å². The highest BCUT2D eigenvalue weighted by Crippen LogP contribution is 2.23. The molecule has 32 heavy (non-hydrogen) atoms. The number of benzene rings is 2. The quantitative estimate of drug-likeness (QED) is 0.443. The SMILES string of the molecule is CC(=O)[C@@H](CCNC(=O)OCc1ccccc1)N(OC(C)C)S(=O)(=O)c1ccc(Br)cc1. The molecule has 0 bridgehead atoms. The van der Waals surface area contributed by atoms with Gasteiger partial charge in [-0.2, -0.15) is 0 Å². The maximum atomic E-state index is 13.2. The topological polar surface area (TPSA) is 102 Å². The predicted molar refractivity (Wildman–Crippen MR) is 123 cm³/mol. The van der Waals surface area contributed by atoms with Crippen molar-refractivity contribution in [1.82, 2.24) is 9.79 Å². The second-order valence-corrected chi connectivity index (χ2v) is 9.97. The van der Waals surface area contributed by atoms with Gasteiger partial charge in [-0.05, 0) is 57.0 Å². The maximum absolute atomic E-state index is 13.2. The van der Waals surface area contributed by atoms with Crippen molar-refractivity contribution in [3.05, 3.63) is 64.6 Å². The minimum absolute atomic E-state index is 0.0113. The highest BCUT2D eigenvalue weighted by molar-refractivity contribution is 9.10. The van der Waals surface area contributed by atoms with Gasteiger partial charge in [0.1, 0.15) is 12.6 Å². The van der Waals surface area contributed by atoms with Gasteiger partial charge in [-0.15, -0.1) is 0 Å². The molecule has 0 aliphatic carbocycles. The van der Waals surface area contributed by atoms with Crippen LogP contribution in [0.5, 0.6) is 0 Å². The lowest BCUT2D eigenvalue weighted by Crippen LogP contribution is -2.47. The van der Waals surface area contributed by atoms with E-state index in [0.29, 0.717) is 4.47 Å². The molecular formula is C22H27BrN2O6S. The van der Waals surface area contributed by atoms with Gasteiger partial charge in [0.2, 0.25) is 0 Å². The second-order valence-electron chi connectivity index (χ2n) is 7.27. The van der Waals surface area contributed by atoms with Gasteiger partial charge in [-0.3, -0.25) is 9.63 Å². The first-order valence-electron chi connectivity index (χ1n) is 10.0. The van der Waals surface area contributed by atoms with Gasteiger partial charge in [-0.25, -0.2) is 13.2 Å². The molecule has 0 saturated heterocycles. The summed E-state index contributed by atoms with van der Waals surface area (Å²) in [4.78, 5) is 29.9. The van der Waals surface area contributed by atoms with Gasteiger partial charge in [0.05, 0.1) is 11.0 Å². The summed E-state index contributed by atoms with van der Waals surface area (Å²) in [7, 11) is -4.13. The van der Waals surface area contributed by atoms with E-state index in [0.717, 1.165) is 10.0 Å². The van der Waals surface area contributed by atoms with Gasteiger partial charge in [0, 0.05) is 11.0 Å². The number of nitrogens with zero attached hydrogens (tertiary/aromatic N) is 1. The van der Waals surface area contributed by atoms with E-state index in [4.69, 9.17) is 9.57 Å². The molecule has 10 heteroatoms. The summed E-state index contributed by atoms with van der Waals surface area (Å²) in [6.45, 7) is 4.74. The Balaban J connectivity index is 2.07. The van der Waals surface area contributed by atoms with Crippen molar-refractivity contribution < 1.29 is 27.6 Å². The van der Waals surface area contributed by atoms with Crippen LogP contribution in [0.25, 0.3) is 0 Å². The van der Waals surface area contributed by atoms with Crippen molar-refractivity contribution in [2.75, 3.05) is 6.54 Å². The first kappa shape index (κ1) is 26.0. The van der Waals surface area contributed by atoms with E-state index in [-0.39, 0.29) is 24.5 Å². The van der Waals surface area contributed by atoms with E-state index in [1.54, 1.807) is 26.0 Å². The molecule has 0 saturated carbocycles. The molecule has 2 aromatic carbocycles. The molecule has 1 atom stereocenters. The van der Waals surface area contributed by atoms with E-state index in [2.05, 4.69) is 21.2 Å². The maximum Gasteiger partial charge on any atom is 0.407 e. The van der Waals surface area contributed by atoms with E-state index < -0.39 is 34.0 Å². The minimum atomic E-state index is -4.13. The zero-order valence-electron chi connectivity index (χ0n) is 18.2. The summed E-state index contributed by atoms with van der Waals surface area (Å²) in [5, 5.41) is 2.55. The van der Waals surface area contributed by atoms with Crippen molar-refractivity contribution >= 4 is 37.8 Å². The Hall–Kier alpha value is -2.27. The molecule has 0 aliphatic heterocycles. The first-order chi connectivity index (χ1) is 15.1. The van der Waals surface area contributed by atoms with Crippen LogP contribution < -0.4 is 5.32 Å². The molecule has 0 aromatic heterocycles. The molecule has 1 N–H and O–H groups in total. The Bertz CT molecular complexity index is 997. The number of carbonyl (C=O) groups excluding carboxylic acids is 2. The summed E-state index contributed by atoms with van der Waals surface area (Å²) in [6.07, 6.45) is -1.15. The number of carbonyl (C=O) groups is 2. The molecule has 0 fully saturated rings. The number of alkyl carbamates (subject to hydrolysis) is 1. The van der Waals surface area contributed by atoms with Crippen molar-refractivity contribution in [3.63, 3.8) is 0 Å².